The van der Waals surface area contributed by atoms with Gasteiger partial charge in [-0.3, -0.25) is 4.99 Å². The zero-order valence-corrected chi connectivity index (χ0v) is 17.1. The number of nitrogens with one attached hydrogen (secondary N) is 2. The van der Waals surface area contributed by atoms with Gasteiger partial charge in [0.1, 0.15) is 0 Å². The molecule has 2 aromatic carbocycles. The summed E-state index contributed by atoms with van der Waals surface area (Å²) in [5.41, 5.74) is 3.44. The van der Waals surface area contributed by atoms with Crippen LogP contribution in [-0.4, -0.2) is 35.9 Å². The number of nitrogens with zero attached hydrogens (tertiary/aromatic N) is 3. The van der Waals surface area contributed by atoms with E-state index in [0.29, 0.717) is 13.2 Å². The summed E-state index contributed by atoms with van der Waals surface area (Å²) >= 11 is 0. The first kappa shape index (κ1) is 20.6. The highest BCUT2D eigenvalue weighted by Crippen LogP contribution is 2.15. The van der Waals surface area contributed by atoms with Gasteiger partial charge in [0.05, 0.1) is 11.8 Å². The summed E-state index contributed by atoms with van der Waals surface area (Å²) in [6.45, 7) is 4.30. The van der Waals surface area contributed by atoms with Crippen LogP contribution in [0.2, 0.25) is 0 Å². The smallest absolute Gasteiger partial charge is 0.191 e. The Balaban J connectivity index is 1.34. The maximum absolute atomic E-state index is 5.91. The van der Waals surface area contributed by atoms with E-state index in [4.69, 9.17) is 4.74 Å². The lowest BCUT2D eigenvalue weighted by Gasteiger charge is -2.15. The summed E-state index contributed by atoms with van der Waals surface area (Å²) in [6, 6.07) is 20.5. The third-order valence-corrected chi connectivity index (χ3v) is 4.64. The predicted molar refractivity (Wildman–Crippen MR) is 117 cm³/mol. The van der Waals surface area contributed by atoms with E-state index in [1.54, 1.807) is 13.2 Å². The number of rotatable bonds is 9. The van der Waals surface area contributed by atoms with Crippen molar-refractivity contribution in [2.75, 3.05) is 20.2 Å². The molecule has 0 saturated carbocycles. The van der Waals surface area contributed by atoms with E-state index in [9.17, 15) is 0 Å². The maximum Gasteiger partial charge on any atom is 0.191 e. The Morgan fingerprint density at radius 1 is 1.07 bits per heavy atom. The summed E-state index contributed by atoms with van der Waals surface area (Å²) in [4.78, 5) is 4.28. The van der Waals surface area contributed by atoms with Crippen molar-refractivity contribution >= 4 is 5.96 Å². The first-order valence-electron chi connectivity index (χ1n) is 9.96. The fourth-order valence-corrected chi connectivity index (χ4v) is 2.95. The van der Waals surface area contributed by atoms with Crippen molar-refractivity contribution in [2.24, 2.45) is 4.99 Å². The second-order valence-electron chi connectivity index (χ2n) is 6.75. The van der Waals surface area contributed by atoms with E-state index in [-0.39, 0.29) is 6.10 Å². The molecule has 29 heavy (non-hydrogen) atoms. The van der Waals surface area contributed by atoms with Gasteiger partial charge >= 0.3 is 0 Å². The largest absolute Gasteiger partial charge is 0.374 e. The fourth-order valence-electron chi connectivity index (χ4n) is 2.95. The van der Waals surface area contributed by atoms with Gasteiger partial charge in [0.15, 0.2) is 5.96 Å². The minimum atomic E-state index is 0.110. The molecule has 0 saturated heterocycles. The summed E-state index contributed by atoms with van der Waals surface area (Å²) in [5, 5.41) is 10.9. The Kier molecular flexibility index (Phi) is 7.83. The second kappa shape index (κ2) is 11.0. The van der Waals surface area contributed by atoms with E-state index < -0.39 is 0 Å². The molecule has 0 aliphatic heterocycles. The molecule has 1 unspecified atom stereocenters. The summed E-state index contributed by atoms with van der Waals surface area (Å²) in [6.07, 6.45) is 4.73. The van der Waals surface area contributed by atoms with Crippen molar-refractivity contribution in [1.82, 2.24) is 20.4 Å². The molecule has 1 aromatic heterocycles. The summed E-state index contributed by atoms with van der Waals surface area (Å²) in [7, 11) is 1.78. The highest BCUT2D eigenvalue weighted by atomic mass is 16.5. The minimum Gasteiger partial charge on any atom is -0.374 e. The normalized spacial score (nSPS) is 12.6. The molecule has 6 heteroatoms. The van der Waals surface area contributed by atoms with Gasteiger partial charge in [0.2, 0.25) is 0 Å². The SMILES string of the molecule is CN=C(NCCCOC(C)c1ccccc1)NCc1ccc(-n2cccn2)cc1. The van der Waals surface area contributed by atoms with Gasteiger partial charge in [0, 0.05) is 39.1 Å². The van der Waals surface area contributed by atoms with Gasteiger partial charge in [-0.1, -0.05) is 42.5 Å². The van der Waals surface area contributed by atoms with E-state index in [2.05, 4.69) is 64.0 Å². The van der Waals surface area contributed by atoms with Crippen LogP contribution in [0.15, 0.2) is 78.0 Å². The second-order valence-corrected chi connectivity index (χ2v) is 6.75. The van der Waals surface area contributed by atoms with Crippen LogP contribution in [0.1, 0.15) is 30.6 Å². The van der Waals surface area contributed by atoms with E-state index >= 15 is 0 Å². The zero-order chi connectivity index (χ0) is 20.3. The van der Waals surface area contributed by atoms with Crippen LogP contribution in [0.3, 0.4) is 0 Å². The zero-order valence-electron chi connectivity index (χ0n) is 17.1. The number of ether oxygens (including phenoxy) is 1. The van der Waals surface area contributed by atoms with Crippen LogP contribution >= 0.6 is 0 Å². The number of hydrogen-bond donors (Lipinski definition) is 2. The Labute approximate surface area is 172 Å². The minimum absolute atomic E-state index is 0.110. The highest BCUT2D eigenvalue weighted by Gasteiger charge is 2.04. The Bertz CT molecular complexity index is 860. The number of aliphatic imine (C=N–C) groups is 1. The lowest BCUT2D eigenvalue weighted by Crippen LogP contribution is -2.37. The molecule has 0 amide bonds. The Morgan fingerprint density at radius 3 is 2.55 bits per heavy atom. The molecule has 2 N–H and O–H groups in total. The van der Waals surface area contributed by atoms with E-state index in [1.165, 1.54) is 11.1 Å². The van der Waals surface area contributed by atoms with Gasteiger partial charge in [-0.05, 0) is 42.7 Å². The third kappa shape index (κ3) is 6.47. The molecule has 0 spiro atoms. The number of benzene rings is 2. The molecule has 1 heterocycles. The highest BCUT2D eigenvalue weighted by molar-refractivity contribution is 5.79. The standard InChI is InChI=1S/C23H29N5O/c1-19(21-8-4-3-5-9-21)29-17-7-14-25-23(24-2)26-18-20-10-12-22(13-11-20)28-16-6-15-27-28/h3-6,8-13,15-16,19H,7,14,17-18H2,1-2H3,(H2,24,25,26). The molecule has 3 aromatic rings. The quantitative estimate of drug-likeness (QED) is 0.332. The monoisotopic (exact) mass is 391 g/mol. The number of guanidine groups is 1. The van der Waals surface area contributed by atoms with Crippen LogP contribution < -0.4 is 10.6 Å². The lowest BCUT2D eigenvalue weighted by atomic mass is 10.1. The van der Waals surface area contributed by atoms with Gasteiger partial charge in [0.25, 0.3) is 0 Å². The maximum atomic E-state index is 5.91. The van der Waals surface area contributed by atoms with E-state index in [1.807, 2.05) is 35.1 Å². The van der Waals surface area contributed by atoms with Crippen LogP contribution in [0.5, 0.6) is 0 Å². The van der Waals surface area contributed by atoms with Gasteiger partial charge in [-0.25, -0.2) is 4.68 Å². The molecule has 3 rings (SSSR count). The van der Waals surface area contributed by atoms with Crippen molar-refractivity contribution in [3.05, 3.63) is 84.2 Å². The first-order chi connectivity index (χ1) is 14.3. The molecule has 6 nitrogen and oxygen atoms in total. The summed E-state index contributed by atoms with van der Waals surface area (Å²) < 4.78 is 7.75. The molecule has 0 aliphatic rings. The molecular formula is C23H29N5O. The van der Waals surface area contributed by atoms with Crippen LogP contribution in [0.25, 0.3) is 5.69 Å². The molecule has 152 valence electrons. The molecule has 0 bridgehead atoms. The predicted octanol–water partition coefficient (Wildman–Crippen LogP) is 3.71. The topological polar surface area (TPSA) is 63.5 Å². The fraction of sp³-hybridized carbons (Fsp3) is 0.304. The van der Waals surface area contributed by atoms with Crippen molar-refractivity contribution in [1.29, 1.82) is 0 Å². The number of aromatic nitrogens is 2. The van der Waals surface area contributed by atoms with Crippen LogP contribution in [0, 0.1) is 0 Å². The summed E-state index contributed by atoms with van der Waals surface area (Å²) in [5.74, 6) is 0.789. The average Bonchev–Trinajstić information content (AvgIpc) is 3.31. The van der Waals surface area contributed by atoms with Crippen LogP contribution in [-0.2, 0) is 11.3 Å². The average molecular weight is 392 g/mol. The lowest BCUT2D eigenvalue weighted by molar-refractivity contribution is 0.0646. The molecule has 0 radical (unpaired) electrons. The molecule has 1 atom stereocenters. The van der Waals surface area contributed by atoms with Crippen LogP contribution in [0.4, 0.5) is 0 Å². The molecule has 0 fully saturated rings. The van der Waals surface area contributed by atoms with Crippen molar-refractivity contribution in [2.45, 2.75) is 26.0 Å². The first-order valence-corrected chi connectivity index (χ1v) is 9.96. The number of hydrogen-bond acceptors (Lipinski definition) is 3. The molecule has 0 aliphatic carbocycles. The van der Waals surface area contributed by atoms with E-state index in [0.717, 1.165) is 24.6 Å². The molecular weight excluding hydrogens is 362 g/mol. The Morgan fingerprint density at radius 2 is 1.86 bits per heavy atom. The van der Waals surface area contributed by atoms with Gasteiger partial charge in [-0.15, -0.1) is 0 Å². The Hall–Kier alpha value is -3.12. The van der Waals surface area contributed by atoms with Gasteiger partial charge in [-0.2, -0.15) is 5.10 Å². The van der Waals surface area contributed by atoms with Crippen molar-refractivity contribution in [3.8, 4) is 5.69 Å². The third-order valence-electron chi connectivity index (χ3n) is 4.64. The van der Waals surface area contributed by atoms with Crippen molar-refractivity contribution < 1.29 is 4.74 Å². The van der Waals surface area contributed by atoms with Crippen molar-refractivity contribution in [3.63, 3.8) is 0 Å². The van der Waals surface area contributed by atoms with Gasteiger partial charge < -0.3 is 15.4 Å².